The maximum absolute atomic E-state index is 6.19. The topological polar surface area (TPSA) is 26.0 Å². The van der Waals surface area contributed by atoms with Gasteiger partial charge in [-0.25, -0.2) is 0 Å². The van der Waals surface area contributed by atoms with Crippen molar-refractivity contribution in [3.8, 4) is 0 Å². The van der Waals surface area contributed by atoms with Gasteiger partial charge in [-0.1, -0.05) is 181 Å². The van der Waals surface area contributed by atoms with Crippen molar-refractivity contribution < 1.29 is 0 Å². The number of nitrogen functional groups attached to an aromatic ring is 1. The normalized spacial score (nSPS) is 20.8. The third kappa shape index (κ3) is 10.3. The first kappa shape index (κ1) is 43.6. The van der Waals surface area contributed by atoms with Gasteiger partial charge in [0.2, 0.25) is 0 Å². The van der Waals surface area contributed by atoms with Gasteiger partial charge in [-0.15, -0.1) is 12.6 Å². The van der Waals surface area contributed by atoms with Crippen LogP contribution in [0.4, 0.5) is 5.69 Å². The fourth-order valence-corrected chi connectivity index (χ4v) is 7.88. The Balaban J connectivity index is 0.000000918. The number of fused-ring (bicyclic) bond motifs is 3. The third-order valence-electron chi connectivity index (χ3n) is 10.7. The average Bonchev–Trinajstić information content (AvgIpc) is 3.69. The fourth-order valence-electron chi connectivity index (χ4n) is 7.68. The van der Waals surface area contributed by atoms with Gasteiger partial charge < -0.3 is 5.73 Å². The van der Waals surface area contributed by atoms with E-state index in [2.05, 4.69) is 154 Å². The zero-order valence-corrected chi connectivity index (χ0v) is 34.2. The van der Waals surface area contributed by atoms with Crippen molar-refractivity contribution in [2.45, 2.75) is 163 Å². The van der Waals surface area contributed by atoms with Crippen molar-refractivity contribution in [2.75, 3.05) is 5.73 Å². The monoisotopic (exact) mass is 672 g/mol. The molecule has 2 aromatic carbocycles. The van der Waals surface area contributed by atoms with Crippen molar-refractivity contribution in [1.82, 2.24) is 0 Å². The van der Waals surface area contributed by atoms with Gasteiger partial charge in [0.25, 0.3) is 0 Å². The van der Waals surface area contributed by atoms with E-state index in [1.54, 1.807) is 0 Å². The largest absolute Gasteiger partial charge is 0.399 e. The Morgan fingerprint density at radius 2 is 1.40 bits per heavy atom. The lowest BCUT2D eigenvalue weighted by Crippen LogP contribution is -2.29. The number of benzene rings is 2. The van der Waals surface area contributed by atoms with Crippen LogP contribution in [-0.2, 0) is 10.8 Å². The summed E-state index contributed by atoms with van der Waals surface area (Å²) in [7, 11) is 0. The molecule has 0 spiro atoms. The molecule has 1 nitrogen and oxygen atoms in total. The lowest BCUT2D eigenvalue weighted by Gasteiger charge is -2.33. The Labute approximate surface area is 304 Å². The molecule has 0 bridgehead atoms. The lowest BCUT2D eigenvalue weighted by atomic mass is 9.71. The SMILES string of the molecule is CC.CC.CCCCC1C2c3ccc(N)cc3C(C)(C)C12/C=C/C=C/C=C/C=C(/C)C(C)(C)c1cc(S)ccc1C.CCCCCCC. The van der Waals surface area contributed by atoms with Crippen LogP contribution in [-0.4, -0.2) is 0 Å². The molecule has 48 heavy (non-hydrogen) atoms. The highest BCUT2D eigenvalue weighted by molar-refractivity contribution is 7.80. The van der Waals surface area contributed by atoms with Crippen LogP contribution < -0.4 is 5.73 Å². The lowest BCUT2D eigenvalue weighted by molar-refractivity contribution is 0.332. The molecule has 0 saturated heterocycles. The number of anilines is 1. The van der Waals surface area contributed by atoms with Crippen LogP contribution in [0.5, 0.6) is 0 Å². The van der Waals surface area contributed by atoms with E-state index in [4.69, 9.17) is 5.73 Å². The first-order valence-corrected chi connectivity index (χ1v) is 19.7. The zero-order chi connectivity index (χ0) is 36.5. The van der Waals surface area contributed by atoms with Crippen LogP contribution in [0.3, 0.4) is 0 Å². The molecule has 2 N–H and O–H groups in total. The number of aryl methyl sites for hydroxylation is 1. The smallest absolute Gasteiger partial charge is 0.0317 e. The molecule has 2 aliphatic carbocycles. The van der Waals surface area contributed by atoms with Crippen molar-refractivity contribution in [2.24, 2.45) is 11.3 Å². The summed E-state index contributed by atoms with van der Waals surface area (Å²) >= 11 is 4.56. The maximum Gasteiger partial charge on any atom is 0.0317 e. The van der Waals surface area contributed by atoms with E-state index >= 15 is 0 Å². The number of allylic oxidation sites excluding steroid dienone is 8. The first-order valence-electron chi connectivity index (χ1n) is 19.3. The number of unbranched alkanes of at least 4 members (excludes halogenated alkanes) is 5. The fraction of sp³-hybridized carbons (Fsp3) is 0.565. The van der Waals surface area contributed by atoms with E-state index in [1.807, 2.05) is 27.7 Å². The average molecular weight is 672 g/mol. The van der Waals surface area contributed by atoms with E-state index < -0.39 is 0 Å². The summed E-state index contributed by atoms with van der Waals surface area (Å²) in [4.78, 5) is 1.01. The highest BCUT2D eigenvalue weighted by Crippen LogP contribution is 2.80. The molecular weight excluding hydrogens is 599 g/mol. The van der Waals surface area contributed by atoms with Gasteiger partial charge in [0.1, 0.15) is 0 Å². The van der Waals surface area contributed by atoms with Crippen LogP contribution in [0.25, 0.3) is 0 Å². The molecule has 0 radical (unpaired) electrons. The Hall–Kier alpha value is -2.45. The van der Waals surface area contributed by atoms with Crippen molar-refractivity contribution in [3.05, 3.63) is 107 Å². The molecule has 268 valence electrons. The number of hydrogen-bond donors (Lipinski definition) is 2. The number of nitrogens with two attached hydrogens (primary N) is 1. The summed E-state index contributed by atoms with van der Waals surface area (Å²) in [6.45, 7) is 28.6. The first-order chi connectivity index (χ1) is 22.9. The molecule has 1 fully saturated rings. The molecular formula is C46H73NS. The number of rotatable bonds is 13. The summed E-state index contributed by atoms with van der Waals surface area (Å²) in [5, 5.41) is 0. The van der Waals surface area contributed by atoms with Crippen LogP contribution in [0, 0.1) is 18.3 Å². The minimum Gasteiger partial charge on any atom is -0.399 e. The molecule has 0 aliphatic heterocycles. The van der Waals surface area contributed by atoms with Crippen LogP contribution in [0.1, 0.15) is 163 Å². The van der Waals surface area contributed by atoms with Gasteiger partial charge >= 0.3 is 0 Å². The van der Waals surface area contributed by atoms with Gasteiger partial charge in [0, 0.05) is 21.4 Å². The second kappa shape index (κ2) is 20.9. The number of hydrogen-bond acceptors (Lipinski definition) is 2. The van der Waals surface area contributed by atoms with E-state index in [0.717, 1.165) is 16.5 Å². The highest BCUT2D eigenvalue weighted by Gasteiger charge is 2.74. The molecule has 1 saturated carbocycles. The molecule has 4 rings (SSSR count). The van der Waals surface area contributed by atoms with E-state index in [-0.39, 0.29) is 16.2 Å². The summed E-state index contributed by atoms with van der Waals surface area (Å²) in [6, 6.07) is 13.0. The predicted molar refractivity (Wildman–Crippen MR) is 222 cm³/mol. The van der Waals surface area contributed by atoms with Crippen molar-refractivity contribution in [3.63, 3.8) is 0 Å². The molecule has 2 aliphatic rings. The minimum absolute atomic E-state index is 0.0448. The summed E-state index contributed by atoms with van der Waals surface area (Å²) < 4.78 is 0. The maximum atomic E-state index is 6.19. The summed E-state index contributed by atoms with van der Waals surface area (Å²) in [5.74, 6) is 1.35. The van der Waals surface area contributed by atoms with E-state index in [1.165, 1.54) is 79.2 Å². The molecule has 2 heteroatoms. The Bertz CT molecular complexity index is 1350. The zero-order valence-electron chi connectivity index (χ0n) is 33.3. The molecule has 0 heterocycles. The number of thiol groups is 1. The van der Waals surface area contributed by atoms with Crippen molar-refractivity contribution >= 4 is 18.3 Å². The summed E-state index contributed by atoms with van der Waals surface area (Å²) in [6.07, 6.45) is 26.5. The van der Waals surface area contributed by atoms with Crippen LogP contribution in [0.15, 0.2) is 89.4 Å². The summed E-state index contributed by atoms with van der Waals surface area (Å²) in [5.41, 5.74) is 14.3. The minimum atomic E-state index is -0.0448. The second-order valence-corrected chi connectivity index (χ2v) is 14.8. The van der Waals surface area contributed by atoms with E-state index in [0.29, 0.717) is 5.92 Å². The van der Waals surface area contributed by atoms with E-state index in [9.17, 15) is 0 Å². The quantitative estimate of drug-likeness (QED) is 0.0942. The van der Waals surface area contributed by atoms with Gasteiger partial charge in [-0.3, -0.25) is 0 Å². The second-order valence-electron chi connectivity index (χ2n) is 14.3. The van der Waals surface area contributed by atoms with Gasteiger partial charge in [0.15, 0.2) is 0 Å². The molecule has 0 amide bonds. The Morgan fingerprint density at radius 1 is 0.812 bits per heavy atom. The Kier molecular flexibility index (Phi) is 19.0. The van der Waals surface area contributed by atoms with Crippen molar-refractivity contribution in [1.29, 1.82) is 0 Å². The highest BCUT2D eigenvalue weighted by atomic mass is 32.1. The third-order valence-corrected chi connectivity index (χ3v) is 11.0. The molecule has 2 aromatic rings. The van der Waals surface area contributed by atoms with Crippen LogP contribution >= 0.6 is 12.6 Å². The van der Waals surface area contributed by atoms with Gasteiger partial charge in [0.05, 0.1) is 0 Å². The molecule has 3 unspecified atom stereocenters. The molecule has 0 aromatic heterocycles. The standard InChI is InChI=1S/C35H45NS.C7H16.2C2H6/c1-8-9-16-29-32-28-20-18-26(36)22-31(28)34(6,7)35(29,32)21-14-12-10-11-13-15-25(3)33(4,5)30-23-27(37)19-17-24(30)2;1-3-5-7-6-4-2;2*1-2/h10-15,17-23,29,32,37H,8-9,16,36H2,1-7H3;3-7H2,1-2H3;2*1-2H3/b12-10+,13-11+,21-14+,25-15-;;;. The van der Waals surface area contributed by atoms with Gasteiger partial charge in [-0.05, 0) is 84.0 Å². The molecule has 3 atom stereocenters. The predicted octanol–water partition coefficient (Wildman–Crippen LogP) is 14.7. The Morgan fingerprint density at radius 3 is 2.00 bits per heavy atom. The van der Waals surface area contributed by atoms with Gasteiger partial charge in [-0.2, -0.15) is 0 Å². The van der Waals surface area contributed by atoms with Crippen LogP contribution in [0.2, 0.25) is 0 Å².